The number of hydrogen-bond donors (Lipinski definition) is 0. The number of furan rings is 1. The van der Waals surface area contributed by atoms with Crippen LogP contribution in [0.2, 0.25) is 0 Å². The van der Waals surface area contributed by atoms with E-state index in [9.17, 15) is 4.79 Å². The van der Waals surface area contributed by atoms with Crippen LogP contribution in [-0.4, -0.2) is 42.8 Å². The van der Waals surface area contributed by atoms with Gasteiger partial charge in [0, 0.05) is 25.6 Å². The summed E-state index contributed by atoms with van der Waals surface area (Å²) < 4.78 is 17.5. The number of carbonyl (C=O) groups excluding carboxylic acids is 1. The lowest BCUT2D eigenvalue weighted by molar-refractivity contribution is -0.145. The van der Waals surface area contributed by atoms with Gasteiger partial charge in [-0.3, -0.25) is 9.69 Å². The predicted octanol–water partition coefficient (Wildman–Crippen LogP) is 4.57. The largest absolute Gasteiger partial charge is 0.468 e. The Hall–Kier alpha value is -1.59. The fraction of sp³-hybridized carbons (Fsp3) is 0.720. The van der Waals surface area contributed by atoms with Crippen LogP contribution in [0.15, 0.2) is 34.5 Å². The Morgan fingerprint density at radius 2 is 2.13 bits per heavy atom. The molecule has 0 bridgehead atoms. The molecule has 1 aromatic rings. The number of fused-ring (bicyclic) bond motifs is 2. The molecular formula is C25H35NO4. The SMILES string of the molecule is CC1CCCC2(C)CC3OC(=O)C(CN(Cc4ccco4)CC4CCCO4)C3C=C12. The van der Waals surface area contributed by atoms with Gasteiger partial charge in [-0.25, -0.2) is 0 Å². The first-order valence-electron chi connectivity index (χ1n) is 11.8. The van der Waals surface area contributed by atoms with Gasteiger partial charge in [0.1, 0.15) is 11.9 Å². The van der Waals surface area contributed by atoms with Crippen LogP contribution in [0.1, 0.15) is 58.1 Å². The Balaban J connectivity index is 1.36. The van der Waals surface area contributed by atoms with Gasteiger partial charge in [-0.05, 0) is 55.6 Å². The number of carbonyl (C=O) groups is 1. The molecule has 30 heavy (non-hydrogen) atoms. The van der Waals surface area contributed by atoms with Gasteiger partial charge in [0.15, 0.2) is 0 Å². The zero-order chi connectivity index (χ0) is 20.7. The van der Waals surface area contributed by atoms with Gasteiger partial charge in [-0.1, -0.05) is 31.9 Å². The summed E-state index contributed by atoms with van der Waals surface area (Å²) >= 11 is 0. The molecule has 1 aromatic heterocycles. The average Bonchev–Trinajstić information content (AvgIpc) is 3.44. The van der Waals surface area contributed by atoms with Crippen molar-refractivity contribution in [3.05, 3.63) is 35.8 Å². The molecule has 3 heterocycles. The summed E-state index contributed by atoms with van der Waals surface area (Å²) in [5, 5.41) is 0. The third-order valence-corrected chi connectivity index (χ3v) is 7.98. The van der Waals surface area contributed by atoms with Crippen LogP contribution in [0.25, 0.3) is 0 Å². The van der Waals surface area contributed by atoms with E-state index in [1.165, 1.54) is 19.3 Å². The highest BCUT2D eigenvalue weighted by Crippen LogP contribution is 2.54. The molecule has 3 fully saturated rings. The fourth-order valence-electron chi connectivity index (χ4n) is 6.44. The quantitative estimate of drug-likeness (QED) is 0.505. The molecule has 0 radical (unpaired) electrons. The Bertz CT molecular complexity index is 781. The molecule has 5 heteroatoms. The molecule has 6 unspecified atom stereocenters. The molecule has 2 aliphatic carbocycles. The van der Waals surface area contributed by atoms with Crippen molar-refractivity contribution in [1.29, 1.82) is 0 Å². The summed E-state index contributed by atoms with van der Waals surface area (Å²) in [5.74, 6) is 1.63. The maximum atomic E-state index is 13.0. The molecule has 1 saturated carbocycles. The van der Waals surface area contributed by atoms with E-state index in [0.717, 1.165) is 38.2 Å². The van der Waals surface area contributed by atoms with Crippen molar-refractivity contribution in [2.24, 2.45) is 23.2 Å². The molecule has 164 valence electrons. The van der Waals surface area contributed by atoms with Crippen LogP contribution in [0, 0.1) is 23.2 Å². The molecule has 5 nitrogen and oxygen atoms in total. The summed E-state index contributed by atoms with van der Waals surface area (Å²) in [6, 6.07) is 3.94. The van der Waals surface area contributed by atoms with E-state index in [2.05, 4.69) is 24.8 Å². The first-order chi connectivity index (χ1) is 14.5. The molecule has 4 aliphatic rings. The van der Waals surface area contributed by atoms with Crippen LogP contribution in [0.4, 0.5) is 0 Å². The zero-order valence-electron chi connectivity index (χ0n) is 18.3. The monoisotopic (exact) mass is 413 g/mol. The molecule has 2 aliphatic heterocycles. The first-order valence-corrected chi connectivity index (χ1v) is 11.8. The highest BCUT2D eigenvalue weighted by Gasteiger charge is 2.52. The molecule has 2 saturated heterocycles. The summed E-state index contributed by atoms with van der Waals surface area (Å²) in [7, 11) is 0. The van der Waals surface area contributed by atoms with E-state index in [1.807, 2.05) is 12.1 Å². The van der Waals surface area contributed by atoms with E-state index in [1.54, 1.807) is 11.8 Å². The molecular weight excluding hydrogens is 378 g/mol. The minimum Gasteiger partial charge on any atom is -0.468 e. The van der Waals surface area contributed by atoms with Gasteiger partial charge in [-0.15, -0.1) is 0 Å². The van der Waals surface area contributed by atoms with E-state index in [4.69, 9.17) is 13.9 Å². The van der Waals surface area contributed by atoms with Gasteiger partial charge in [0.25, 0.3) is 0 Å². The van der Waals surface area contributed by atoms with E-state index < -0.39 is 0 Å². The van der Waals surface area contributed by atoms with Gasteiger partial charge in [-0.2, -0.15) is 0 Å². The third-order valence-electron chi connectivity index (χ3n) is 7.98. The van der Waals surface area contributed by atoms with Gasteiger partial charge in [0.2, 0.25) is 0 Å². The smallest absolute Gasteiger partial charge is 0.311 e. The van der Waals surface area contributed by atoms with Crippen LogP contribution >= 0.6 is 0 Å². The Labute approximate surface area is 179 Å². The molecule has 0 N–H and O–H groups in total. The predicted molar refractivity (Wildman–Crippen MR) is 114 cm³/mol. The summed E-state index contributed by atoms with van der Waals surface area (Å²) in [6.45, 7) is 7.84. The Morgan fingerprint density at radius 1 is 1.23 bits per heavy atom. The highest BCUT2D eigenvalue weighted by molar-refractivity contribution is 5.76. The Kier molecular flexibility index (Phi) is 5.53. The van der Waals surface area contributed by atoms with Crippen molar-refractivity contribution in [2.75, 3.05) is 19.7 Å². The maximum Gasteiger partial charge on any atom is 0.311 e. The minimum atomic E-state index is -0.0995. The molecule has 5 rings (SSSR count). The minimum absolute atomic E-state index is 0.0199. The second-order valence-electron chi connectivity index (χ2n) is 10.2. The maximum absolute atomic E-state index is 13.0. The molecule has 0 amide bonds. The van der Waals surface area contributed by atoms with E-state index in [0.29, 0.717) is 19.0 Å². The summed E-state index contributed by atoms with van der Waals surface area (Å²) in [5.41, 5.74) is 1.79. The van der Waals surface area contributed by atoms with E-state index in [-0.39, 0.29) is 35.4 Å². The average molecular weight is 414 g/mol. The van der Waals surface area contributed by atoms with Crippen molar-refractivity contribution in [3.8, 4) is 0 Å². The van der Waals surface area contributed by atoms with Gasteiger partial charge >= 0.3 is 5.97 Å². The Morgan fingerprint density at radius 3 is 2.90 bits per heavy atom. The number of hydrogen-bond acceptors (Lipinski definition) is 5. The number of ether oxygens (including phenoxy) is 2. The van der Waals surface area contributed by atoms with Crippen molar-refractivity contribution in [3.63, 3.8) is 0 Å². The molecule has 0 spiro atoms. The number of esters is 1. The van der Waals surface area contributed by atoms with Gasteiger partial charge in [0.05, 0.1) is 24.8 Å². The third kappa shape index (κ3) is 3.87. The van der Waals surface area contributed by atoms with Crippen LogP contribution in [0.5, 0.6) is 0 Å². The zero-order valence-corrected chi connectivity index (χ0v) is 18.3. The van der Waals surface area contributed by atoms with Crippen molar-refractivity contribution < 1.29 is 18.7 Å². The fourth-order valence-corrected chi connectivity index (χ4v) is 6.44. The second kappa shape index (κ2) is 8.16. The van der Waals surface area contributed by atoms with Crippen molar-refractivity contribution >= 4 is 5.97 Å². The van der Waals surface area contributed by atoms with Crippen molar-refractivity contribution in [2.45, 2.75) is 71.1 Å². The number of allylic oxidation sites excluding steroid dienone is 1. The topological polar surface area (TPSA) is 51.9 Å². The van der Waals surface area contributed by atoms with Crippen LogP contribution in [-0.2, 0) is 20.8 Å². The molecule has 0 aromatic carbocycles. The second-order valence-corrected chi connectivity index (χ2v) is 10.2. The molecule has 6 atom stereocenters. The van der Waals surface area contributed by atoms with Gasteiger partial charge < -0.3 is 13.9 Å². The van der Waals surface area contributed by atoms with Crippen LogP contribution < -0.4 is 0 Å². The number of nitrogens with zero attached hydrogens (tertiary/aromatic N) is 1. The standard InChI is InChI=1S/C25H35NO4/c1-17-6-3-9-25(2)13-23-20(12-22(17)25)21(24(27)30-23)16-26(14-18-7-4-10-28-18)15-19-8-5-11-29-19/h4,7,10,12,17,19-21,23H,3,5-6,8-9,11,13-16H2,1-2H3. The highest BCUT2D eigenvalue weighted by atomic mass is 16.6. The van der Waals surface area contributed by atoms with E-state index >= 15 is 0 Å². The summed E-state index contributed by atoms with van der Waals surface area (Å²) in [6.07, 6.45) is 11.4. The first kappa shape index (κ1) is 20.3. The lowest BCUT2D eigenvalue weighted by atomic mass is 9.59. The normalized spacial score (nSPS) is 38.3. The lowest BCUT2D eigenvalue weighted by Gasteiger charge is -2.46. The van der Waals surface area contributed by atoms with Crippen LogP contribution in [0.3, 0.4) is 0 Å². The summed E-state index contributed by atoms with van der Waals surface area (Å²) in [4.78, 5) is 15.3. The van der Waals surface area contributed by atoms with Crippen molar-refractivity contribution in [1.82, 2.24) is 4.90 Å². The lowest BCUT2D eigenvalue weighted by Crippen LogP contribution is -2.42. The number of rotatable bonds is 6.